The van der Waals surface area contributed by atoms with Gasteiger partial charge in [-0.1, -0.05) is 30.3 Å². The number of amides is 2. The smallest absolute Gasteiger partial charge is 0.274 e. The van der Waals surface area contributed by atoms with E-state index in [2.05, 4.69) is 5.32 Å². The number of likely N-dealkylation sites (tertiary alicyclic amines) is 1. The van der Waals surface area contributed by atoms with Gasteiger partial charge in [0.2, 0.25) is 11.8 Å². The van der Waals surface area contributed by atoms with Crippen LogP contribution in [0.4, 0.5) is 10.1 Å². The van der Waals surface area contributed by atoms with Crippen LogP contribution in [-0.4, -0.2) is 38.2 Å². The fourth-order valence-corrected chi connectivity index (χ4v) is 6.21. The zero-order valence-electron chi connectivity index (χ0n) is 18.3. The predicted molar refractivity (Wildman–Crippen MR) is 128 cm³/mol. The molecule has 10 heteroatoms. The summed E-state index contributed by atoms with van der Waals surface area (Å²) in [6.45, 7) is 1.12. The van der Waals surface area contributed by atoms with Gasteiger partial charge in [0.15, 0.2) is 0 Å². The van der Waals surface area contributed by atoms with Crippen molar-refractivity contribution in [3.05, 3.63) is 83.0 Å². The lowest BCUT2D eigenvalue weighted by Gasteiger charge is -2.23. The Morgan fingerprint density at radius 1 is 1.06 bits per heavy atom. The topological polar surface area (TPSA) is 86.8 Å². The summed E-state index contributed by atoms with van der Waals surface area (Å²) < 4.78 is 40.7. The van der Waals surface area contributed by atoms with Gasteiger partial charge in [-0.3, -0.25) is 13.9 Å². The molecule has 1 saturated heterocycles. The van der Waals surface area contributed by atoms with Crippen molar-refractivity contribution in [2.24, 2.45) is 0 Å². The fourth-order valence-electron chi connectivity index (χ4n) is 3.68. The van der Waals surface area contributed by atoms with Gasteiger partial charge in [-0.05, 0) is 53.3 Å². The Bertz CT molecular complexity index is 1240. The van der Waals surface area contributed by atoms with E-state index in [1.807, 2.05) is 29.2 Å². The number of carbonyl (C=O) groups is 2. The van der Waals surface area contributed by atoms with Crippen molar-refractivity contribution in [3.63, 3.8) is 0 Å². The van der Waals surface area contributed by atoms with E-state index < -0.39 is 28.3 Å². The summed E-state index contributed by atoms with van der Waals surface area (Å²) in [6, 6.07) is 15.6. The predicted octanol–water partition coefficient (Wildman–Crippen LogP) is 3.52. The maximum absolute atomic E-state index is 13.4. The lowest BCUT2D eigenvalue weighted by molar-refractivity contribution is -0.128. The van der Waals surface area contributed by atoms with Crippen molar-refractivity contribution >= 4 is 38.9 Å². The second-order valence-corrected chi connectivity index (χ2v) is 11.0. The Hall–Kier alpha value is -3.24. The van der Waals surface area contributed by atoms with E-state index in [1.54, 1.807) is 11.4 Å². The van der Waals surface area contributed by atoms with Crippen molar-refractivity contribution in [3.8, 4) is 0 Å². The number of anilines is 1. The molecule has 2 heterocycles. The number of sulfonamides is 1. The van der Waals surface area contributed by atoms with E-state index in [4.69, 9.17) is 0 Å². The average Bonchev–Trinajstić information content (AvgIpc) is 3.51. The number of benzene rings is 2. The Balaban J connectivity index is 1.41. The Morgan fingerprint density at radius 3 is 2.38 bits per heavy atom. The molecule has 1 aliphatic rings. The molecule has 0 saturated carbocycles. The molecule has 0 unspecified atom stereocenters. The first-order chi connectivity index (χ1) is 16.3. The van der Waals surface area contributed by atoms with Gasteiger partial charge in [0.1, 0.15) is 16.6 Å². The summed E-state index contributed by atoms with van der Waals surface area (Å²) in [5.41, 5.74) is 2.06. The third-order valence-corrected chi connectivity index (χ3v) is 8.65. The molecule has 7 nitrogen and oxygen atoms in total. The van der Waals surface area contributed by atoms with Gasteiger partial charge in [-0.15, -0.1) is 11.3 Å². The maximum Gasteiger partial charge on any atom is 0.274 e. The maximum atomic E-state index is 13.4. The molecule has 1 aliphatic heterocycles. The van der Waals surface area contributed by atoms with Crippen LogP contribution < -0.4 is 9.62 Å². The summed E-state index contributed by atoms with van der Waals surface area (Å²) in [5, 5.41) is 4.39. The first kappa shape index (κ1) is 23.9. The third-order valence-electron chi connectivity index (χ3n) is 5.50. The van der Waals surface area contributed by atoms with Gasteiger partial charge in [0.25, 0.3) is 10.0 Å². The Labute approximate surface area is 201 Å². The monoisotopic (exact) mass is 501 g/mol. The van der Waals surface area contributed by atoms with E-state index in [0.29, 0.717) is 13.0 Å². The molecule has 1 fully saturated rings. The zero-order chi connectivity index (χ0) is 24.1. The Morgan fingerprint density at radius 2 is 1.76 bits per heavy atom. The summed E-state index contributed by atoms with van der Waals surface area (Å²) in [6.07, 6.45) is 1.49. The van der Waals surface area contributed by atoms with Crippen LogP contribution >= 0.6 is 11.3 Å². The van der Waals surface area contributed by atoms with E-state index in [0.717, 1.165) is 51.9 Å². The van der Waals surface area contributed by atoms with Crippen LogP contribution in [0.3, 0.4) is 0 Å². The number of nitrogens with zero attached hydrogens (tertiary/aromatic N) is 2. The molecule has 0 atom stereocenters. The second-order valence-electron chi connectivity index (χ2n) is 7.93. The van der Waals surface area contributed by atoms with Crippen molar-refractivity contribution in [2.75, 3.05) is 17.4 Å². The van der Waals surface area contributed by atoms with Crippen LogP contribution in [0.1, 0.15) is 24.0 Å². The zero-order valence-corrected chi connectivity index (χ0v) is 19.9. The normalized spacial score (nSPS) is 13.8. The van der Waals surface area contributed by atoms with Crippen molar-refractivity contribution in [2.45, 2.75) is 30.1 Å². The molecule has 0 bridgehead atoms. The van der Waals surface area contributed by atoms with Crippen LogP contribution in [0, 0.1) is 5.82 Å². The van der Waals surface area contributed by atoms with E-state index >= 15 is 0 Å². The molecule has 1 N–H and O–H groups in total. The quantitative estimate of drug-likeness (QED) is 0.486. The number of thiophene rings is 1. The highest BCUT2D eigenvalue weighted by Gasteiger charge is 2.28. The van der Waals surface area contributed by atoms with Crippen LogP contribution in [0.5, 0.6) is 0 Å². The van der Waals surface area contributed by atoms with E-state index in [-0.39, 0.29) is 22.3 Å². The molecule has 0 radical (unpaired) electrons. The first-order valence-corrected chi connectivity index (χ1v) is 13.1. The first-order valence-electron chi connectivity index (χ1n) is 10.8. The number of rotatable bonds is 9. The summed E-state index contributed by atoms with van der Waals surface area (Å²) in [4.78, 5) is 26.3. The molecule has 0 aliphatic carbocycles. The lowest BCUT2D eigenvalue weighted by Crippen LogP contribution is -2.40. The van der Waals surface area contributed by atoms with Crippen molar-refractivity contribution in [1.82, 2.24) is 10.2 Å². The van der Waals surface area contributed by atoms with Gasteiger partial charge >= 0.3 is 0 Å². The number of nitrogens with one attached hydrogen (secondary N) is 1. The molecule has 4 rings (SSSR count). The number of halogens is 1. The Kier molecular flexibility index (Phi) is 7.28. The van der Waals surface area contributed by atoms with Gasteiger partial charge in [-0.2, -0.15) is 0 Å². The number of hydrogen-bond donors (Lipinski definition) is 1. The molecule has 2 aromatic carbocycles. The number of carbonyl (C=O) groups excluding carboxylic acids is 2. The van der Waals surface area contributed by atoms with Crippen molar-refractivity contribution < 1.29 is 22.4 Å². The fraction of sp³-hybridized carbons (Fsp3) is 0.250. The lowest BCUT2D eigenvalue weighted by atomic mass is 10.1. The van der Waals surface area contributed by atoms with Gasteiger partial charge < -0.3 is 10.2 Å². The van der Waals surface area contributed by atoms with Crippen LogP contribution in [0.15, 0.2) is 70.3 Å². The molecular weight excluding hydrogens is 477 g/mol. The van der Waals surface area contributed by atoms with E-state index in [9.17, 15) is 22.4 Å². The summed E-state index contributed by atoms with van der Waals surface area (Å²) >= 11 is 1.05. The summed E-state index contributed by atoms with van der Waals surface area (Å²) in [5.74, 6) is -0.824. The summed E-state index contributed by atoms with van der Waals surface area (Å²) in [7, 11) is -3.99. The minimum Gasteiger partial charge on any atom is -0.350 e. The molecule has 1 aromatic heterocycles. The molecule has 178 valence electrons. The number of hydrogen-bond acceptors (Lipinski definition) is 5. The highest BCUT2D eigenvalue weighted by Crippen LogP contribution is 2.26. The highest BCUT2D eigenvalue weighted by atomic mass is 32.2. The minimum absolute atomic E-state index is 0.0942. The van der Waals surface area contributed by atoms with Gasteiger partial charge in [0, 0.05) is 26.1 Å². The SMILES string of the molecule is O=C(CN(c1ccc(F)cc1)S(=O)(=O)c1cccs1)NCc1ccc(CN2CCCC2=O)cc1. The molecular formula is C24H24FN3O4S2. The second kappa shape index (κ2) is 10.4. The van der Waals surface area contributed by atoms with Crippen LogP contribution in [0.2, 0.25) is 0 Å². The minimum atomic E-state index is -3.99. The molecule has 0 spiro atoms. The van der Waals surface area contributed by atoms with Crippen molar-refractivity contribution in [1.29, 1.82) is 0 Å². The average molecular weight is 502 g/mol. The highest BCUT2D eigenvalue weighted by molar-refractivity contribution is 7.94. The van der Waals surface area contributed by atoms with Gasteiger partial charge in [0.05, 0.1) is 5.69 Å². The van der Waals surface area contributed by atoms with Crippen LogP contribution in [0.25, 0.3) is 0 Å². The van der Waals surface area contributed by atoms with E-state index in [1.165, 1.54) is 18.2 Å². The van der Waals surface area contributed by atoms with Gasteiger partial charge in [-0.25, -0.2) is 12.8 Å². The third kappa shape index (κ3) is 5.63. The van der Waals surface area contributed by atoms with Crippen LogP contribution in [-0.2, 0) is 32.7 Å². The largest absolute Gasteiger partial charge is 0.350 e. The molecule has 2 amide bonds. The standard InChI is InChI=1S/C24H24FN3O4S2/c25-20-9-11-21(12-10-20)28(34(31,32)24-4-2-14-33-24)17-22(29)26-15-18-5-7-19(8-6-18)16-27-13-1-3-23(27)30/h2,4-12,14H,1,3,13,15-17H2,(H,26,29). The molecule has 3 aromatic rings. The molecule has 34 heavy (non-hydrogen) atoms.